The molecule has 1 saturated heterocycles. The van der Waals surface area contributed by atoms with E-state index in [1.807, 2.05) is 11.3 Å². The minimum Gasteiger partial charge on any atom is -0.347 e. The van der Waals surface area contributed by atoms with E-state index in [9.17, 15) is 9.59 Å². The summed E-state index contributed by atoms with van der Waals surface area (Å²) in [4.78, 5) is 27.0. The van der Waals surface area contributed by atoms with E-state index >= 15 is 0 Å². The number of hydrogen-bond donors (Lipinski definition) is 2. The van der Waals surface area contributed by atoms with Crippen molar-refractivity contribution in [1.82, 2.24) is 15.5 Å². The zero-order valence-corrected chi connectivity index (χ0v) is 13.5. The number of carbonyl (C=O) groups excluding carboxylic acids is 2. The topological polar surface area (TPSA) is 61.4 Å². The molecule has 1 aromatic heterocycles. The molecular formula is C16H23N3O2S. The molecule has 1 aromatic rings. The maximum absolute atomic E-state index is 11.6. The number of nitrogens with zero attached hydrogens (tertiary/aromatic N) is 1. The maximum Gasteiger partial charge on any atom is 0.309 e. The minimum atomic E-state index is -0.500. The number of likely N-dealkylation sites (tertiary alicyclic amines) is 1. The first-order valence-electron chi connectivity index (χ1n) is 8.07. The van der Waals surface area contributed by atoms with Crippen LogP contribution in [-0.2, 0) is 9.59 Å². The Hall–Kier alpha value is -1.40. The van der Waals surface area contributed by atoms with Crippen molar-refractivity contribution in [1.29, 1.82) is 0 Å². The second-order valence-electron chi connectivity index (χ2n) is 6.13. The van der Waals surface area contributed by atoms with Crippen LogP contribution in [-0.4, -0.2) is 48.9 Å². The Labute approximate surface area is 135 Å². The number of thiophene rings is 1. The summed E-state index contributed by atoms with van der Waals surface area (Å²) in [6.07, 6.45) is 4.35. The molecule has 1 aliphatic heterocycles. The van der Waals surface area contributed by atoms with Crippen LogP contribution in [0.5, 0.6) is 0 Å². The zero-order valence-electron chi connectivity index (χ0n) is 12.7. The molecule has 2 aliphatic rings. The Morgan fingerprint density at radius 2 is 1.95 bits per heavy atom. The van der Waals surface area contributed by atoms with Gasteiger partial charge in [0.25, 0.3) is 0 Å². The molecule has 1 saturated carbocycles. The van der Waals surface area contributed by atoms with Crippen LogP contribution in [0.3, 0.4) is 0 Å². The normalized spacial score (nSPS) is 19.8. The van der Waals surface area contributed by atoms with Gasteiger partial charge in [0, 0.05) is 24.0 Å². The average Bonchev–Trinajstić information content (AvgIpc) is 3.17. The number of carbonyl (C=O) groups is 2. The SMILES string of the molecule is O=C(NCCN1CCC(c2cccs2)CC1)C(=O)NC1CC1. The highest BCUT2D eigenvalue weighted by atomic mass is 32.1. The van der Waals surface area contributed by atoms with E-state index < -0.39 is 11.8 Å². The number of rotatable bonds is 5. The van der Waals surface area contributed by atoms with Crippen molar-refractivity contribution in [2.75, 3.05) is 26.2 Å². The van der Waals surface area contributed by atoms with Gasteiger partial charge < -0.3 is 15.5 Å². The Morgan fingerprint density at radius 1 is 1.18 bits per heavy atom. The molecule has 22 heavy (non-hydrogen) atoms. The summed E-state index contributed by atoms with van der Waals surface area (Å²) in [6, 6.07) is 4.58. The molecule has 120 valence electrons. The molecule has 0 spiro atoms. The molecule has 3 rings (SSSR count). The van der Waals surface area contributed by atoms with Crippen molar-refractivity contribution in [2.24, 2.45) is 0 Å². The molecule has 0 radical (unpaired) electrons. The lowest BCUT2D eigenvalue weighted by atomic mass is 9.95. The first-order valence-corrected chi connectivity index (χ1v) is 8.95. The summed E-state index contributed by atoms with van der Waals surface area (Å²) in [6.45, 7) is 3.49. The van der Waals surface area contributed by atoms with Crippen molar-refractivity contribution in [2.45, 2.75) is 37.6 Å². The number of hydrogen-bond acceptors (Lipinski definition) is 4. The van der Waals surface area contributed by atoms with Crippen molar-refractivity contribution in [3.05, 3.63) is 22.4 Å². The summed E-state index contributed by atoms with van der Waals surface area (Å²) in [5, 5.41) is 7.55. The van der Waals surface area contributed by atoms with Crippen LogP contribution in [0.1, 0.15) is 36.5 Å². The van der Waals surface area contributed by atoms with E-state index in [0.717, 1.165) is 32.5 Å². The standard InChI is InChI=1S/C16H23N3O2S/c20-15(16(21)18-13-3-4-13)17-7-10-19-8-5-12(6-9-19)14-2-1-11-22-14/h1-2,11-13H,3-10H2,(H,17,20)(H,18,21). The predicted octanol–water partition coefficient (Wildman–Crippen LogP) is 1.32. The summed E-state index contributed by atoms with van der Waals surface area (Å²) in [7, 11) is 0. The van der Waals surface area contributed by atoms with Gasteiger partial charge in [0.2, 0.25) is 0 Å². The number of nitrogens with one attached hydrogen (secondary N) is 2. The largest absolute Gasteiger partial charge is 0.347 e. The van der Waals surface area contributed by atoms with Crippen LogP contribution in [0, 0.1) is 0 Å². The highest BCUT2D eigenvalue weighted by molar-refractivity contribution is 7.10. The fourth-order valence-electron chi connectivity index (χ4n) is 2.85. The monoisotopic (exact) mass is 321 g/mol. The zero-order chi connectivity index (χ0) is 15.4. The van der Waals surface area contributed by atoms with Gasteiger partial charge in [-0.15, -0.1) is 11.3 Å². The quantitative estimate of drug-likeness (QED) is 0.804. The van der Waals surface area contributed by atoms with E-state index in [1.54, 1.807) is 0 Å². The highest BCUT2D eigenvalue weighted by Crippen LogP contribution is 2.30. The Balaban J connectivity index is 1.31. The predicted molar refractivity (Wildman–Crippen MR) is 86.9 cm³/mol. The third kappa shape index (κ3) is 4.30. The van der Waals surface area contributed by atoms with Crippen LogP contribution >= 0.6 is 11.3 Å². The molecule has 2 amide bonds. The maximum atomic E-state index is 11.6. The molecule has 2 N–H and O–H groups in total. The second kappa shape index (κ2) is 7.24. The Bertz CT molecular complexity index is 505. The van der Waals surface area contributed by atoms with Gasteiger partial charge in [0.15, 0.2) is 0 Å². The lowest BCUT2D eigenvalue weighted by Gasteiger charge is -2.31. The van der Waals surface area contributed by atoms with E-state index in [1.165, 1.54) is 17.7 Å². The molecule has 0 bridgehead atoms. The summed E-state index contributed by atoms with van der Waals surface area (Å²) in [5.74, 6) is -0.297. The molecule has 2 fully saturated rings. The van der Waals surface area contributed by atoms with Crippen LogP contribution in [0.25, 0.3) is 0 Å². The van der Waals surface area contributed by atoms with E-state index in [0.29, 0.717) is 12.5 Å². The smallest absolute Gasteiger partial charge is 0.309 e. The lowest BCUT2D eigenvalue weighted by molar-refractivity contribution is -0.139. The molecular weight excluding hydrogens is 298 g/mol. The molecule has 0 atom stereocenters. The third-order valence-electron chi connectivity index (χ3n) is 4.37. The van der Waals surface area contributed by atoms with Crippen molar-refractivity contribution >= 4 is 23.2 Å². The molecule has 6 heteroatoms. The Morgan fingerprint density at radius 3 is 2.59 bits per heavy atom. The fraction of sp³-hybridized carbons (Fsp3) is 0.625. The summed E-state index contributed by atoms with van der Waals surface area (Å²) < 4.78 is 0. The van der Waals surface area contributed by atoms with Gasteiger partial charge in [-0.2, -0.15) is 0 Å². The van der Waals surface area contributed by atoms with E-state index in [2.05, 4.69) is 33.0 Å². The molecule has 1 aliphatic carbocycles. The van der Waals surface area contributed by atoms with Gasteiger partial charge in [0.05, 0.1) is 0 Å². The van der Waals surface area contributed by atoms with Gasteiger partial charge in [-0.05, 0) is 56.1 Å². The molecule has 0 unspecified atom stereocenters. The van der Waals surface area contributed by atoms with E-state index in [-0.39, 0.29) is 6.04 Å². The third-order valence-corrected chi connectivity index (χ3v) is 5.40. The Kier molecular flexibility index (Phi) is 5.10. The summed E-state index contributed by atoms with van der Waals surface area (Å²) in [5.41, 5.74) is 0. The van der Waals surface area contributed by atoms with Crippen LogP contribution in [0.4, 0.5) is 0 Å². The van der Waals surface area contributed by atoms with Gasteiger partial charge in [-0.1, -0.05) is 6.07 Å². The van der Waals surface area contributed by atoms with Crippen molar-refractivity contribution in [3.8, 4) is 0 Å². The fourth-order valence-corrected chi connectivity index (χ4v) is 3.75. The highest BCUT2D eigenvalue weighted by Gasteiger charge is 2.26. The van der Waals surface area contributed by atoms with Crippen molar-refractivity contribution in [3.63, 3.8) is 0 Å². The number of piperidine rings is 1. The van der Waals surface area contributed by atoms with Gasteiger partial charge >= 0.3 is 11.8 Å². The molecule has 0 aromatic carbocycles. The first kappa shape index (κ1) is 15.5. The molecule has 2 heterocycles. The first-order chi connectivity index (χ1) is 10.7. The van der Waals surface area contributed by atoms with Gasteiger partial charge in [-0.3, -0.25) is 9.59 Å². The van der Waals surface area contributed by atoms with E-state index in [4.69, 9.17) is 0 Å². The number of amides is 2. The van der Waals surface area contributed by atoms with Gasteiger partial charge in [0.1, 0.15) is 0 Å². The summed E-state index contributed by atoms with van der Waals surface area (Å²) >= 11 is 1.85. The minimum absolute atomic E-state index is 0.231. The average molecular weight is 321 g/mol. The molecule has 5 nitrogen and oxygen atoms in total. The van der Waals surface area contributed by atoms with Crippen LogP contribution in [0.15, 0.2) is 17.5 Å². The lowest BCUT2D eigenvalue weighted by Crippen LogP contribution is -2.44. The second-order valence-corrected chi connectivity index (χ2v) is 7.11. The van der Waals surface area contributed by atoms with Crippen LogP contribution in [0.2, 0.25) is 0 Å². The van der Waals surface area contributed by atoms with Crippen molar-refractivity contribution < 1.29 is 9.59 Å². The van der Waals surface area contributed by atoms with Crippen LogP contribution < -0.4 is 10.6 Å². The van der Waals surface area contributed by atoms with Gasteiger partial charge in [-0.25, -0.2) is 0 Å².